The average molecular weight is 191 g/mol. The number of nitriles is 1. The quantitative estimate of drug-likeness (QED) is 0.358. The van der Waals surface area contributed by atoms with E-state index in [4.69, 9.17) is 5.26 Å². The van der Waals surface area contributed by atoms with Crippen LogP contribution in [0.25, 0.3) is 0 Å². The molecule has 3 nitrogen and oxygen atoms in total. The first-order valence-corrected chi connectivity index (χ1v) is 3.37. The van der Waals surface area contributed by atoms with Gasteiger partial charge in [0.15, 0.2) is 0 Å². The normalized spacial score (nSPS) is 10.3. The second-order valence-electron chi connectivity index (χ2n) is 2.60. The second-order valence-corrected chi connectivity index (χ2v) is 2.60. The Kier molecular flexibility index (Phi) is 9.84. The predicted molar refractivity (Wildman–Crippen MR) is 38.2 cm³/mol. The SMILES string of the molecule is CC(C)/C=C(\C#N)CC(=O)[O-].[K+]. The zero-order chi connectivity index (χ0) is 8.85. The van der Waals surface area contributed by atoms with Crippen molar-refractivity contribution < 1.29 is 61.3 Å². The number of rotatable bonds is 3. The van der Waals surface area contributed by atoms with Gasteiger partial charge in [-0.15, -0.1) is 0 Å². The summed E-state index contributed by atoms with van der Waals surface area (Å²) in [6.45, 7) is 3.76. The van der Waals surface area contributed by atoms with Gasteiger partial charge in [-0.3, -0.25) is 0 Å². The minimum atomic E-state index is -1.21. The molecule has 12 heavy (non-hydrogen) atoms. The third kappa shape index (κ3) is 8.43. The minimum absolute atomic E-state index is 0. The maximum Gasteiger partial charge on any atom is 1.00 e. The molecule has 0 atom stereocenters. The molecule has 0 bridgehead atoms. The van der Waals surface area contributed by atoms with Crippen LogP contribution in [0.3, 0.4) is 0 Å². The Labute approximate surface area is 115 Å². The Bertz CT molecular complexity index is 216. The van der Waals surface area contributed by atoms with E-state index in [0.717, 1.165) is 0 Å². The third-order valence-electron chi connectivity index (χ3n) is 1.01. The molecule has 0 aromatic carbocycles. The molecule has 0 aromatic heterocycles. The maximum absolute atomic E-state index is 10.0. The van der Waals surface area contributed by atoms with E-state index in [9.17, 15) is 9.90 Å². The van der Waals surface area contributed by atoms with E-state index in [2.05, 4.69) is 0 Å². The van der Waals surface area contributed by atoms with Gasteiger partial charge in [-0.25, -0.2) is 0 Å². The second kappa shape index (κ2) is 7.96. The van der Waals surface area contributed by atoms with Crippen molar-refractivity contribution in [1.82, 2.24) is 0 Å². The van der Waals surface area contributed by atoms with Gasteiger partial charge in [0.1, 0.15) is 0 Å². The van der Waals surface area contributed by atoms with Crippen LogP contribution in [0.15, 0.2) is 11.6 Å². The number of hydrogen-bond acceptors (Lipinski definition) is 3. The molecule has 0 amide bonds. The van der Waals surface area contributed by atoms with Crippen molar-refractivity contribution in [2.45, 2.75) is 20.3 Å². The van der Waals surface area contributed by atoms with E-state index in [0.29, 0.717) is 0 Å². The molecule has 0 aliphatic carbocycles. The van der Waals surface area contributed by atoms with Gasteiger partial charge in [0.25, 0.3) is 0 Å². The molecular formula is C8H10KNO2. The monoisotopic (exact) mass is 191 g/mol. The molecule has 0 heterocycles. The van der Waals surface area contributed by atoms with Gasteiger partial charge in [-0.1, -0.05) is 19.9 Å². The fourth-order valence-corrected chi connectivity index (χ4v) is 0.694. The topological polar surface area (TPSA) is 63.9 Å². The first-order valence-electron chi connectivity index (χ1n) is 3.37. The molecule has 0 spiro atoms. The van der Waals surface area contributed by atoms with Crippen LogP contribution in [-0.2, 0) is 4.79 Å². The summed E-state index contributed by atoms with van der Waals surface area (Å²) in [4.78, 5) is 10.0. The van der Waals surface area contributed by atoms with E-state index in [1.54, 1.807) is 12.1 Å². The fourth-order valence-electron chi connectivity index (χ4n) is 0.694. The Hall–Kier alpha value is 0.336. The fraction of sp³-hybridized carbons (Fsp3) is 0.500. The molecule has 0 saturated carbocycles. The van der Waals surface area contributed by atoms with Crippen molar-refractivity contribution in [2.24, 2.45) is 5.92 Å². The van der Waals surface area contributed by atoms with E-state index in [-0.39, 0.29) is 69.3 Å². The number of carboxylic acids is 1. The molecule has 0 aliphatic heterocycles. The zero-order valence-electron chi connectivity index (χ0n) is 7.63. The van der Waals surface area contributed by atoms with Crippen molar-refractivity contribution in [2.75, 3.05) is 0 Å². The van der Waals surface area contributed by atoms with E-state index in [1.165, 1.54) is 0 Å². The van der Waals surface area contributed by atoms with E-state index < -0.39 is 5.97 Å². The zero-order valence-corrected chi connectivity index (χ0v) is 10.7. The van der Waals surface area contributed by atoms with Crippen LogP contribution < -0.4 is 56.5 Å². The first-order chi connectivity index (χ1) is 5.06. The Morgan fingerprint density at radius 2 is 2.17 bits per heavy atom. The van der Waals surface area contributed by atoms with Gasteiger partial charge in [-0.2, -0.15) is 5.26 Å². The molecular weight excluding hydrogens is 181 g/mol. The molecule has 0 saturated heterocycles. The summed E-state index contributed by atoms with van der Waals surface area (Å²) in [6, 6.07) is 1.80. The maximum atomic E-state index is 10.0. The number of carbonyl (C=O) groups excluding carboxylic acids is 1. The molecule has 0 fully saturated rings. The summed E-state index contributed by atoms with van der Waals surface area (Å²) in [5.41, 5.74) is 0.264. The first kappa shape index (κ1) is 14.8. The summed E-state index contributed by atoms with van der Waals surface area (Å²) < 4.78 is 0. The van der Waals surface area contributed by atoms with Crippen LogP contribution in [0.4, 0.5) is 0 Å². The van der Waals surface area contributed by atoms with Gasteiger partial charge in [-0.05, 0) is 5.92 Å². The summed E-state index contributed by atoms with van der Waals surface area (Å²) >= 11 is 0. The van der Waals surface area contributed by atoms with Crippen molar-refractivity contribution in [1.29, 1.82) is 5.26 Å². The number of allylic oxidation sites excluding steroid dienone is 1. The van der Waals surface area contributed by atoms with Crippen LogP contribution in [0.5, 0.6) is 0 Å². The van der Waals surface area contributed by atoms with Crippen molar-refractivity contribution in [3.63, 3.8) is 0 Å². The van der Waals surface area contributed by atoms with E-state index in [1.807, 2.05) is 13.8 Å². The van der Waals surface area contributed by atoms with Gasteiger partial charge in [0, 0.05) is 18.0 Å². The van der Waals surface area contributed by atoms with Crippen molar-refractivity contribution >= 4 is 5.97 Å². The largest absolute Gasteiger partial charge is 1.00 e. The van der Waals surface area contributed by atoms with Crippen LogP contribution >= 0.6 is 0 Å². The number of carbonyl (C=O) groups is 1. The van der Waals surface area contributed by atoms with Crippen LogP contribution in [0.1, 0.15) is 20.3 Å². The Morgan fingerprint density at radius 1 is 1.67 bits per heavy atom. The molecule has 0 N–H and O–H groups in total. The standard InChI is InChI=1S/C8H11NO2.K/c1-6(2)3-7(5-9)4-8(10)11;/h3,6H,4H2,1-2H3,(H,10,11);/q;+1/p-1/b7-3-;. The summed E-state index contributed by atoms with van der Waals surface area (Å²) in [6.07, 6.45) is 1.34. The Balaban J connectivity index is 0. The smallest absolute Gasteiger partial charge is 0.550 e. The molecule has 0 rings (SSSR count). The van der Waals surface area contributed by atoms with Crippen LogP contribution in [0, 0.1) is 17.2 Å². The number of carboxylic acid groups (broad SMARTS) is 1. The molecule has 0 radical (unpaired) electrons. The van der Waals surface area contributed by atoms with Crippen LogP contribution in [-0.4, -0.2) is 5.97 Å². The minimum Gasteiger partial charge on any atom is -0.550 e. The molecule has 0 unspecified atom stereocenters. The van der Waals surface area contributed by atoms with Crippen molar-refractivity contribution in [3.8, 4) is 6.07 Å². The van der Waals surface area contributed by atoms with Gasteiger partial charge in [0.05, 0.1) is 6.07 Å². The average Bonchev–Trinajstić information content (AvgIpc) is 1.84. The molecule has 0 aromatic rings. The molecule has 0 aliphatic rings. The predicted octanol–water partition coefficient (Wildman–Crippen LogP) is -2.76. The molecule has 60 valence electrons. The number of nitrogens with zero attached hydrogens (tertiary/aromatic N) is 1. The number of aliphatic carboxylic acids is 1. The van der Waals surface area contributed by atoms with E-state index >= 15 is 0 Å². The summed E-state index contributed by atoms with van der Waals surface area (Å²) in [5.74, 6) is -1.01. The van der Waals surface area contributed by atoms with Crippen molar-refractivity contribution in [3.05, 3.63) is 11.6 Å². The molecule has 4 heteroatoms. The summed E-state index contributed by atoms with van der Waals surface area (Å²) in [5, 5.41) is 18.5. The Morgan fingerprint density at radius 3 is 2.42 bits per heavy atom. The third-order valence-corrected chi connectivity index (χ3v) is 1.01. The number of hydrogen-bond donors (Lipinski definition) is 0. The van der Waals surface area contributed by atoms with Gasteiger partial charge in [0.2, 0.25) is 0 Å². The van der Waals surface area contributed by atoms with Gasteiger partial charge < -0.3 is 9.90 Å². The van der Waals surface area contributed by atoms with Crippen LogP contribution in [0.2, 0.25) is 0 Å². The van der Waals surface area contributed by atoms with Gasteiger partial charge >= 0.3 is 51.4 Å². The summed E-state index contributed by atoms with van der Waals surface area (Å²) in [7, 11) is 0.